The number of rotatable bonds is 7. The van der Waals surface area contributed by atoms with Gasteiger partial charge in [-0.3, -0.25) is 0 Å². The number of methoxy groups -OCH3 is 1. The molecule has 4 heteroatoms. The van der Waals surface area contributed by atoms with Gasteiger partial charge in [-0.05, 0) is 17.7 Å². The van der Waals surface area contributed by atoms with Crippen LogP contribution in [0.2, 0.25) is 19.1 Å². The number of aromatic nitrogens is 1. The van der Waals surface area contributed by atoms with Crippen molar-refractivity contribution in [2.24, 2.45) is 5.92 Å². The topological polar surface area (TPSA) is 42.4 Å². The van der Waals surface area contributed by atoms with Crippen LogP contribution in [0.15, 0.2) is 60.8 Å². The van der Waals surface area contributed by atoms with Crippen LogP contribution in [0.4, 0.5) is 0 Å². The molecule has 1 aromatic carbocycles. The predicted octanol–water partition coefficient (Wildman–Crippen LogP) is 3.93. The van der Waals surface area contributed by atoms with Crippen molar-refractivity contribution < 1.29 is 9.84 Å². The molecule has 0 fully saturated rings. The zero-order valence-electron chi connectivity index (χ0n) is 14.9. The van der Waals surface area contributed by atoms with Crippen LogP contribution in [0.5, 0.6) is 5.88 Å². The van der Waals surface area contributed by atoms with Gasteiger partial charge in [0.15, 0.2) is 0 Å². The van der Waals surface area contributed by atoms with Gasteiger partial charge in [0.2, 0.25) is 5.88 Å². The van der Waals surface area contributed by atoms with Gasteiger partial charge in [-0.1, -0.05) is 67.7 Å². The van der Waals surface area contributed by atoms with Crippen LogP contribution in [0.25, 0.3) is 0 Å². The van der Waals surface area contributed by atoms with Gasteiger partial charge in [-0.15, -0.1) is 0 Å². The Bertz CT molecular complexity index is 670. The minimum atomic E-state index is -1.47. The van der Waals surface area contributed by atoms with Crippen molar-refractivity contribution in [1.29, 1.82) is 0 Å². The molecule has 2 atom stereocenters. The summed E-state index contributed by atoms with van der Waals surface area (Å²) in [5.41, 5.74) is 0.832. The number of benzene rings is 1. The Kier molecular flexibility index (Phi) is 6.34. The zero-order chi connectivity index (χ0) is 17.6. The summed E-state index contributed by atoms with van der Waals surface area (Å²) in [6.07, 6.45) is 5.46. The van der Waals surface area contributed by atoms with Crippen molar-refractivity contribution in [3.63, 3.8) is 0 Å². The van der Waals surface area contributed by atoms with Crippen molar-refractivity contribution >= 4 is 13.3 Å². The first-order valence-electron chi connectivity index (χ1n) is 8.34. The molecule has 0 aliphatic rings. The number of hydrogen-bond donors (Lipinski definition) is 1. The zero-order valence-corrected chi connectivity index (χ0v) is 15.9. The molecule has 1 aromatic heterocycles. The van der Waals surface area contributed by atoms with Gasteiger partial charge in [0.25, 0.3) is 0 Å². The smallest absolute Gasteiger partial charge is 0.213 e. The SMILES string of the molecule is COc1cc(C(O)C(C)/C=C/C[Si](C)(C)c2ccccc2)ccn1. The van der Waals surface area contributed by atoms with E-state index in [2.05, 4.69) is 60.6 Å². The minimum absolute atomic E-state index is 0.0395. The van der Waals surface area contributed by atoms with Gasteiger partial charge in [0.1, 0.15) is 0 Å². The van der Waals surface area contributed by atoms with Gasteiger partial charge < -0.3 is 9.84 Å². The van der Waals surface area contributed by atoms with E-state index < -0.39 is 14.2 Å². The van der Waals surface area contributed by atoms with E-state index in [9.17, 15) is 5.11 Å². The molecule has 24 heavy (non-hydrogen) atoms. The fourth-order valence-corrected chi connectivity index (χ4v) is 4.77. The summed E-state index contributed by atoms with van der Waals surface area (Å²) in [5, 5.41) is 12.0. The molecule has 0 saturated carbocycles. The van der Waals surface area contributed by atoms with E-state index >= 15 is 0 Å². The van der Waals surface area contributed by atoms with E-state index in [1.807, 2.05) is 13.0 Å². The van der Waals surface area contributed by atoms with Crippen LogP contribution in [-0.4, -0.2) is 25.3 Å². The fourth-order valence-electron chi connectivity index (χ4n) is 2.71. The normalized spacial score (nSPS) is 14.5. The van der Waals surface area contributed by atoms with Gasteiger partial charge >= 0.3 is 0 Å². The number of hydrogen-bond acceptors (Lipinski definition) is 3. The van der Waals surface area contributed by atoms with Gasteiger partial charge in [0, 0.05) is 18.2 Å². The average molecular weight is 342 g/mol. The number of ether oxygens (including phenoxy) is 1. The Hall–Kier alpha value is -1.91. The van der Waals surface area contributed by atoms with Crippen molar-refractivity contribution in [3.8, 4) is 5.88 Å². The third-order valence-electron chi connectivity index (χ3n) is 4.43. The number of nitrogens with zero attached hydrogens (tertiary/aromatic N) is 1. The van der Waals surface area contributed by atoms with Crippen LogP contribution < -0.4 is 9.92 Å². The second-order valence-electron chi connectivity index (χ2n) is 6.82. The lowest BCUT2D eigenvalue weighted by molar-refractivity contribution is 0.139. The van der Waals surface area contributed by atoms with Crippen LogP contribution in [0.3, 0.4) is 0 Å². The van der Waals surface area contributed by atoms with E-state index in [1.165, 1.54) is 5.19 Å². The Labute approximate surface area is 146 Å². The lowest BCUT2D eigenvalue weighted by Crippen LogP contribution is -2.40. The van der Waals surface area contributed by atoms with E-state index in [0.717, 1.165) is 11.6 Å². The molecule has 3 nitrogen and oxygen atoms in total. The molecule has 0 spiro atoms. The number of aliphatic hydroxyl groups excluding tert-OH is 1. The minimum Gasteiger partial charge on any atom is -0.481 e. The molecule has 1 N–H and O–H groups in total. The van der Waals surface area contributed by atoms with Gasteiger partial charge in [-0.25, -0.2) is 4.98 Å². The number of pyridine rings is 1. The molecule has 0 amide bonds. The molecule has 2 rings (SSSR count). The van der Waals surface area contributed by atoms with E-state index in [4.69, 9.17) is 4.74 Å². The monoisotopic (exact) mass is 341 g/mol. The van der Waals surface area contributed by atoms with Crippen LogP contribution in [0, 0.1) is 5.92 Å². The van der Waals surface area contributed by atoms with Gasteiger partial charge in [-0.2, -0.15) is 0 Å². The average Bonchev–Trinajstić information content (AvgIpc) is 2.61. The third kappa shape index (κ3) is 4.79. The standard InChI is InChI=1S/C20H27NO2Si/c1-16(20(22)17-12-13-21-19(15-17)23-2)9-8-14-24(3,4)18-10-6-5-7-11-18/h5-13,15-16,20,22H,14H2,1-4H3/b9-8+. The van der Waals surface area contributed by atoms with E-state index in [0.29, 0.717) is 5.88 Å². The van der Waals surface area contributed by atoms with E-state index in [1.54, 1.807) is 19.4 Å². The lowest BCUT2D eigenvalue weighted by atomic mass is 9.98. The molecule has 1 heterocycles. The van der Waals surface area contributed by atoms with Crippen LogP contribution in [0.1, 0.15) is 18.6 Å². The Balaban J connectivity index is 2.00. The summed E-state index contributed by atoms with van der Waals surface area (Å²) in [5.74, 6) is 0.568. The molecular formula is C20H27NO2Si. The summed E-state index contributed by atoms with van der Waals surface area (Å²) in [4.78, 5) is 4.08. The van der Waals surface area contributed by atoms with Gasteiger partial charge in [0.05, 0.1) is 21.3 Å². The summed E-state index contributed by atoms with van der Waals surface area (Å²) < 4.78 is 5.12. The maximum atomic E-state index is 10.5. The molecule has 0 saturated heterocycles. The molecule has 0 aliphatic heterocycles. The fraction of sp³-hybridized carbons (Fsp3) is 0.350. The highest BCUT2D eigenvalue weighted by molar-refractivity contribution is 6.90. The molecule has 0 aliphatic carbocycles. The summed E-state index contributed by atoms with van der Waals surface area (Å²) in [6, 6.07) is 15.4. The second-order valence-corrected chi connectivity index (χ2v) is 11.6. The largest absolute Gasteiger partial charge is 0.481 e. The Morgan fingerprint density at radius 3 is 2.58 bits per heavy atom. The summed E-state index contributed by atoms with van der Waals surface area (Å²) in [6.45, 7) is 6.79. The first-order chi connectivity index (χ1) is 11.4. The van der Waals surface area contributed by atoms with Crippen molar-refractivity contribution in [1.82, 2.24) is 4.98 Å². The molecule has 2 unspecified atom stereocenters. The quantitative estimate of drug-likeness (QED) is 0.613. The van der Waals surface area contributed by atoms with Crippen LogP contribution >= 0.6 is 0 Å². The molecule has 0 bridgehead atoms. The highest BCUT2D eigenvalue weighted by Crippen LogP contribution is 2.25. The number of aliphatic hydroxyl groups is 1. The van der Waals surface area contributed by atoms with Crippen LogP contribution in [-0.2, 0) is 0 Å². The lowest BCUT2D eigenvalue weighted by Gasteiger charge is -2.22. The van der Waals surface area contributed by atoms with Crippen molar-refractivity contribution in [3.05, 3.63) is 66.4 Å². The molecule has 0 radical (unpaired) electrons. The van der Waals surface area contributed by atoms with Crippen molar-refractivity contribution in [2.45, 2.75) is 32.2 Å². The van der Waals surface area contributed by atoms with E-state index in [-0.39, 0.29) is 5.92 Å². The van der Waals surface area contributed by atoms with Crippen molar-refractivity contribution in [2.75, 3.05) is 7.11 Å². The maximum absolute atomic E-state index is 10.5. The molecular weight excluding hydrogens is 314 g/mol. The summed E-state index contributed by atoms with van der Waals surface area (Å²) >= 11 is 0. The maximum Gasteiger partial charge on any atom is 0.213 e. The highest BCUT2D eigenvalue weighted by Gasteiger charge is 2.21. The summed E-state index contributed by atoms with van der Waals surface area (Å²) in [7, 11) is 0.108. The molecule has 128 valence electrons. The Morgan fingerprint density at radius 2 is 1.92 bits per heavy atom. The first kappa shape index (κ1) is 18.4. The predicted molar refractivity (Wildman–Crippen MR) is 102 cm³/mol. The second kappa shape index (κ2) is 8.26. The molecule has 2 aromatic rings. The highest BCUT2D eigenvalue weighted by atomic mass is 28.3. The third-order valence-corrected chi connectivity index (χ3v) is 7.58. The number of allylic oxidation sites excluding steroid dienone is 1. The Morgan fingerprint density at radius 1 is 1.21 bits per heavy atom. The first-order valence-corrected chi connectivity index (χ1v) is 11.5.